The summed E-state index contributed by atoms with van der Waals surface area (Å²) in [6.07, 6.45) is 0. The molecule has 0 aromatic heterocycles. The van der Waals surface area contributed by atoms with Crippen LogP contribution in [0, 0.1) is 31.1 Å². The number of hydrogen-bond donors (Lipinski definition) is 0. The smallest absolute Gasteiger partial charge is 0 e. The molecule has 0 radical (unpaired) electrons. The minimum absolute atomic E-state index is 0. The molecule has 4 heavy (non-hydrogen) atoms. The van der Waals surface area contributed by atoms with E-state index in [1.807, 2.05) is 0 Å². The molecule has 0 aliphatic carbocycles. The van der Waals surface area contributed by atoms with Crippen molar-refractivity contribution in [1.29, 1.82) is 0 Å². The summed E-state index contributed by atoms with van der Waals surface area (Å²) in [6, 6.07) is 0. The minimum Gasteiger partial charge on any atom is 0 e. The first-order valence-electron chi connectivity index (χ1n) is 0.408. The van der Waals surface area contributed by atoms with E-state index in [4.69, 9.17) is 6.65 Å². The van der Waals surface area contributed by atoms with Crippen LogP contribution in [0.2, 0.25) is 0 Å². The molecule has 0 amide bonds. The third-order valence-electron chi connectivity index (χ3n) is 0. The van der Waals surface area contributed by atoms with Crippen molar-refractivity contribution in [3.05, 3.63) is 0 Å². The predicted octanol–water partition coefficient (Wildman–Crippen LogP) is -0.240. The van der Waals surface area contributed by atoms with Crippen molar-refractivity contribution in [3.8, 4) is 0 Å². The van der Waals surface area contributed by atoms with Gasteiger partial charge in [-0.05, 0) is 0 Å². The molecule has 0 saturated carbocycles. The SMILES string of the molecule is [O]=[Ti]=[O].[U]. The van der Waals surface area contributed by atoms with Gasteiger partial charge in [0.05, 0.1) is 0 Å². The summed E-state index contributed by atoms with van der Waals surface area (Å²) < 4.78 is 17.0. The van der Waals surface area contributed by atoms with Crippen molar-refractivity contribution < 1.29 is 56.9 Å². The molecule has 0 aliphatic rings. The molecule has 0 unspecified atom stereocenters. The molecule has 0 spiro atoms. The van der Waals surface area contributed by atoms with E-state index >= 15 is 0 Å². The summed E-state index contributed by atoms with van der Waals surface area (Å²) in [5, 5.41) is 0. The number of hydrogen-bond acceptors (Lipinski definition) is 2. The molecular formula is O2TiU. The van der Waals surface area contributed by atoms with Gasteiger partial charge in [0, 0.05) is 31.1 Å². The van der Waals surface area contributed by atoms with Gasteiger partial charge in [0.1, 0.15) is 0 Å². The topological polar surface area (TPSA) is 34.1 Å². The van der Waals surface area contributed by atoms with Gasteiger partial charge in [-0.2, -0.15) is 0 Å². The van der Waals surface area contributed by atoms with E-state index in [9.17, 15) is 0 Å². The summed E-state index contributed by atoms with van der Waals surface area (Å²) in [4.78, 5) is 0. The largest absolute Gasteiger partial charge is 0 e. The van der Waals surface area contributed by atoms with Crippen molar-refractivity contribution in [3.63, 3.8) is 0 Å². The Morgan fingerprint density at radius 2 is 1.25 bits per heavy atom. The van der Waals surface area contributed by atoms with Crippen molar-refractivity contribution >= 4 is 0 Å². The van der Waals surface area contributed by atoms with Gasteiger partial charge in [0.15, 0.2) is 0 Å². The second-order valence-corrected chi connectivity index (χ2v) is 0.344. The Morgan fingerprint density at radius 1 is 1.25 bits per heavy atom. The van der Waals surface area contributed by atoms with Crippen LogP contribution in [0.5, 0.6) is 0 Å². The zero-order valence-corrected chi connectivity index (χ0v) is 7.54. The van der Waals surface area contributed by atoms with Crippen molar-refractivity contribution in [2.24, 2.45) is 0 Å². The van der Waals surface area contributed by atoms with E-state index in [-0.39, 0.29) is 31.1 Å². The van der Waals surface area contributed by atoms with Crippen molar-refractivity contribution in [2.45, 2.75) is 0 Å². The standard InChI is InChI=1S/2O.Ti.U. The molecule has 2 nitrogen and oxygen atoms in total. The van der Waals surface area contributed by atoms with Gasteiger partial charge in [-0.15, -0.1) is 0 Å². The van der Waals surface area contributed by atoms with E-state index in [1.165, 1.54) is 0 Å². The zero-order chi connectivity index (χ0) is 2.71. The predicted molar refractivity (Wildman–Crippen MR) is 1.37 cm³/mol. The normalized spacial score (nSPS) is 2.00. The van der Waals surface area contributed by atoms with Crippen molar-refractivity contribution in [1.82, 2.24) is 0 Å². The third-order valence-corrected chi connectivity index (χ3v) is 0. The van der Waals surface area contributed by atoms with Gasteiger partial charge in [-0.1, -0.05) is 0 Å². The fourth-order valence-corrected chi connectivity index (χ4v) is 0. The maximum Gasteiger partial charge on any atom is 0 e. The molecule has 0 fully saturated rings. The second-order valence-electron chi connectivity index (χ2n) is 0.0833. The molecule has 20 valence electrons. The average molecular weight is 318 g/mol. The summed E-state index contributed by atoms with van der Waals surface area (Å²) in [6.45, 7) is 0. The Bertz CT molecular complexity index is 27.0. The Morgan fingerprint density at radius 3 is 1.25 bits per heavy atom. The van der Waals surface area contributed by atoms with Gasteiger partial charge in [0.25, 0.3) is 0 Å². The van der Waals surface area contributed by atoms with Crippen LogP contribution in [0.1, 0.15) is 0 Å². The average Bonchev–Trinajstić information content (AvgIpc) is 0.918. The molecule has 4 heteroatoms. The van der Waals surface area contributed by atoms with Gasteiger partial charge in [0.2, 0.25) is 0 Å². The molecule has 0 aromatic rings. The monoisotopic (exact) mass is 318 g/mol. The molecule has 0 bridgehead atoms. The van der Waals surface area contributed by atoms with Crippen LogP contribution in [0.4, 0.5) is 0 Å². The van der Waals surface area contributed by atoms with Gasteiger partial charge >= 0.3 is 25.7 Å². The molecule has 0 aromatic carbocycles. The third kappa shape index (κ3) is 10.1. The molecule has 0 saturated heterocycles. The quantitative estimate of drug-likeness (QED) is 0.578. The Kier molecular flexibility index (Phi) is 19.9. The van der Waals surface area contributed by atoms with E-state index in [2.05, 4.69) is 0 Å². The summed E-state index contributed by atoms with van der Waals surface area (Å²) in [5.41, 5.74) is 0. The number of rotatable bonds is 0. The first-order valence-corrected chi connectivity index (χ1v) is 1.68. The Balaban J connectivity index is 0. The molecule has 0 N–H and O–H groups in total. The van der Waals surface area contributed by atoms with Gasteiger partial charge in [-0.3, -0.25) is 0 Å². The zero-order valence-electron chi connectivity index (χ0n) is 1.82. The minimum atomic E-state index is -2.00. The van der Waals surface area contributed by atoms with Crippen LogP contribution in [0.15, 0.2) is 0 Å². The summed E-state index contributed by atoms with van der Waals surface area (Å²) in [7, 11) is 0. The fraction of sp³-hybridized carbons (Fsp3) is 0. The van der Waals surface area contributed by atoms with E-state index < -0.39 is 19.1 Å². The van der Waals surface area contributed by atoms with E-state index in [0.717, 1.165) is 0 Å². The van der Waals surface area contributed by atoms with Crippen LogP contribution >= 0.6 is 0 Å². The van der Waals surface area contributed by atoms with Crippen molar-refractivity contribution in [2.75, 3.05) is 0 Å². The summed E-state index contributed by atoms with van der Waals surface area (Å²) in [5.74, 6) is 0. The maximum absolute atomic E-state index is 8.50. The Labute approximate surface area is 56.3 Å². The molecule has 0 atom stereocenters. The maximum atomic E-state index is 8.50. The van der Waals surface area contributed by atoms with Crippen LogP contribution in [0.3, 0.4) is 0 Å². The van der Waals surface area contributed by atoms with Crippen LogP contribution < -0.4 is 0 Å². The molecule has 0 heterocycles. The van der Waals surface area contributed by atoms with E-state index in [1.54, 1.807) is 0 Å². The fourth-order valence-electron chi connectivity index (χ4n) is 0. The second kappa shape index (κ2) is 8.84. The summed E-state index contributed by atoms with van der Waals surface area (Å²) >= 11 is -2.00. The van der Waals surface area contributed by atoms with E-state index in [0.29, 0.717) is 0 Å². The van der Waals surface area contributed by atoms with Gasteiger partial charge < -0.3 is 0 Å². The van der Waals surface area contributed by atoms with Crippen LogP contribution in [-0.2, 0) is 25.7 Å². The molecule has 0 rings (SSSR count). The molecule has 0 aliphatic heterocycles. The van der Waals surface area contributed by atoms with Gasteiger partial charge in [-0.25, -0.2) is 0 Å². The van der Waals surface area contributed by atoms with Crippen LogP contribution in [0.25, 0.3) is 0 Å². The first kappa shape index (κ1) is 9.03. The Hall–Kier alpha value is 1.37. The molecular weight excluding hydrogens is 318 g/mol. The van der Waals surface area contributed by atoms with Crippen LogP contribution in [-0.4, -0.2) is 0 Å². The first-order chi connectivity index (χ1) is 1.41.